The summed E-state index contributed by atoms with van der Waals surface area (Å²) in [4.78, 5) is 38.8. The van der Waals surface area contributed by atoms with Gasteiger partial charge in [-0.1, -0.05) is 73.5 Å². The number of fused-ring (bicyclic) bond motifs is 1. The van der Waals surface area contributed by atoms with Gasteiger partial charge in [-0.05, 0) is 42.5 Å². The van der Waals surface area contributed by atoms with Crippen LogP contribution in [-0.4, -0.2) is 16.7 Å². The number of hydrogen-bond acceptors (Lipinski definition) is 5. The Hall–Kier alpha value is -4.00. The maximum atomic E-state index is 13.0. The zero-order valence-electron chi connectivity index (χ0n) is 19.3. The van der Waals surface area contributed by atoms with E-state index in [2.05, 4.69) is 5.32 Å². The Kier molecular flexibility index (Phi) is 6.31. The number of carbonyl (C=O) groups excluding carboxylic acids is 2. The van der Waals surface area contributed by atoms with E-state index < -0.39 is 4.92 Å². The van der Waals surface area contributed by atoms with Gasteiger partial charge in [-0.15, -0.1) is 0 Å². The number of amides is 2. The maximum Gasteiger partial charge on any atom is 0.294 e. The van der Waals surface area contributed by atoms with E-state index >= 15 is 0 Å². The van der Waals surface area contributed by atoms with Crippen LogP contribution in [0, 0.1) is 22.0 Å². The summed E-state index contributed by atoms with van der Waals surface area (Å²) in [5.41, 5.74) is 2.56. The van der Waals surface area contributed by atoms with E-state index in [4.69, 9.17) is 0 Å². The van der Waals surface area contributed by atoms with Crippen molar-refractivity contribution in [3.05, 3.63) is 100 Å². The molecule has 35 heavy (non-hydrogen) atoms. The Balaban J connectivity index is 1.47. The number of rotatable bonds is 7. The van der Waals surface area contributed by atoms with Crippen molar-refractivity contribution in [1.82, 2.24) is 0 Å². The summed E-state index contributed by atoms with van der Waals surface area (Å²) in [6.07, 6.45) is 3.90. The third kappa shape index (κ3) is 4.54. The molecule has 0 aromatic heterocycles. The van der Waals surface area contributed by atoms with Crippen molar-refractivity contribution < 1.29 is 14.5 Å². The van der Waals surface area contributed by atoms with Crippen LogP contribution in [0.2, 0.25) is 0 Å². The molecule has 178 valence electrons. The van der Waals surface area contributed by atoms with E-state index in [9.17, 15) is 19.7 Å². The highest BCUT2D eigenvalue weighted by Crippen LogP contribution is 2.42. The van der Waals surface area contributed by atoms with Crippen molar-refractivity contribution in [2.24, 2.45) is 11.8 Å². The molecule has 1 aliphatic heterocycles. The summed E-state index contributed by atoms with van der Waals surface area (Å²) in [5.74, 6) is -1.08. The predicted octanol–water partition coefficient (Wildman–Crippen LogP) is 5.67. The van der Waals surface area contributed by atoms with E-state index in [1.807, 2.05) is 60.7 Å². The average Bonchev–Trinajstić information content (AvgIpc) is 3.15. The van der Waals surface area contributed by atoms with Crippen LogP contribution in [0.1, 0.15) is 42.9 Å². The van der Waals surface area contributed by atoms with Crippen LogP contribution in [0.5, 0.6) is 0 Å². The highest BCUT2D eigenvalue weighted by molar-refractivity contribution is 6.22. The molecule has 1 N–H and O–H groups in total. The van der Waals surface area contributed by atoms with Gasteiger partial charge in [0.1, 0.15) is 5.69 Å². The van der Waals surface area contributed by atoms with E-state index in [1.165, 1.54) is 6.07 Å². The number of nitrogens with one attached hydrogen (secondary N) is 1. The van der Waals surface area contributed by atoms with E-state index in [1.54, 1.807) is 12.1 Å². The maximum absolute atomic E-state index is 13.0. The average molecular weight is 470 g/mol. The van der Waals surface area contributed by atoms with Crippen molar-refractivity contribution in [3.63, 3.8) is 0 Å². The van der Waals surface area contributed by atoms with Gasteiger partial charge in [-0.3, -0.25) is 19.7 Å². The summed E-state index contributed by atoms with van der Waals surface area (Å²) in [7, 11) is 0. The van der Waals surface area contributed by atoms with Crippen LogP contribution >= 0.6 is 0 Å². The summed E-state index contributed by atoms with van der Waals surface area (Å²) in [6, 6.07) is 24.1. The van der Waals surface area contributed by atoms with Crippen molar-refractivity contribution in [3.8, 4) is 0 Å². The van der Waals surface area contributed by atoms with Crippen molar-refractivity contribution in [2.45, 2.75) is 38.1 Å². The van der Waals surface area contributed by atoms with Gasteiger partial charge in [0.2, 0.25) is 11.8 Å². The molecule has 3 aromatic rings. The molecule has 1 saturated carbocycles. The second-order valence-electron chi connectivity index (χ2n) is 9.27. The SMILES string of the molecule is O=C1[C@H]2CCCC[C@H]2C(=O)N1c1ccc(N[C@H](Cc2ccccc2)c2ccccc2)c([N+](=O)[O-])c1. The normalized spacial score (nSPS) is 20.4. The highest BCUT2D eigenvalue weighted by atomic mass is 16.6. The lowest BCUT2D eigenvalue weighted by Crippen LogP contribution is -2.30. The smallest absolute Gasteiger partial charge is 0.294 e. The van der Waals surface area contributed by atoms with Crippen molar-refractivity contribution in [2.75, 3.05) is 10.2 Å². The molecule has 0 radical (unpaired) electrons. The fourth-order valence-corrected chi connectivity index (χ4v) is 5.32. The van der Waals surface area contributed by atoms with Gasteiger partial charge in [0.15, 0.2) is 0 Å². The second kappa shape index (κ2) is 9.70. The van der Waals surface area contributed by atoms with Crippen molar-refractivity contribution >= 4 is 28.9 Å². The molecule has 5 rings (SSSR count). The number of anilines is 2. The van der Waals surface area contributed by atoms with E-state index in [0.29, 0.717) is 24.9 Å². The van der Waals surface area contributed by atoms with Gasteiger partial charge < -0.3 is 5.32 Å². The van der Waals surface area contributed by atoms with Crippen LogP contribution in [0.4, 0.5) is 17.1 Å². The largest absolute Gasteiger partial charge is 0.372 e. The van der Waals surface area contributed by atoms with E-state index in [0.717, 1.165) is 28.9 Å². The third-order valence-corrected chi connectivity index (χ3v) is 7.09. The van der Waals surface area contributed by atoms with Gasteiger partial charge in [0.25, 0.3) is 5.69 Å². The molecular formula is C28H27N3O4. The van der Waals surface area contributed by atoms with Gasteiger partial charge in [-0.2, -0.15) is 0 Å². The molecule has 7 heteroatoms. The molecule has 3 aromatic carbocycles. The van der Waals surface area contributed by atoms with Gasteiger partial charge in [0.05, 0.1) is 28.5 Å². The molecule has 2 amide bonds. The Morgan fingerprint density at radius 2 is 1.49 bits per heavy atom. The minimum Gasteiger partial charge on any atom is -0.372 e. The summed E-state index contributed by atoms with van der Waals surface area (Å²) < 4.78 is 0. The van der Waals surface area contributed by atoms with Crippen LogP contribution in [-0.2, 0) is 16.0 Å². The summed E-state index contributed by atoms with van der Waals surface area (Å²) in [5, 5.41) is 15.4. The van der Waals surface area contributed by atoms with Gasteiger partial charge in [0, 0.05) is 6.07 Å². The molecular weight excluding hydrogens is 442 g/mol. The fraction of sp³-hybridized carbons (Fsp3) is 0.286. The van der Waals surface area contributed by atoms with Gasteiger partial charge in [-0.25, -0.2) is 4.90 Å². The van der Waals surface area contributed by atoms with Crippen LogP contribution in [0.25, 0.3) is 0 Å². The number of carbonyl (C=O) groups is 2. The van der Waals surface area contributed by atoms with E-state index in [-0.39, 0.29) is 41.1 Å². The lowest BCUT2D eigenvalue weighted by molar-refractivity contribution is -0.383. The number of nitro groups is 1. The number of hydrogen-bond donors (Lipinski definition) is 1. The zero-order chi connectivity index (χ0) is 24.4. The number of nitro benzene ring substituents is 1. The first-order valence-electron chi connectivity index (χ1n) is 12.0. The van der Waals surface area contributed by atoms with Crippen LogP contribution < -0.4 is 10.2 Å². The molecule has 3 atom stereocenters. The Morgan fingerprint density at radius 3 is 2.09 bits per heavy atom. The first-order valence-corrected chi connectivity index (χ1v) is 12.0. The first-order chi connectivity index (χ1) is 17.0. The third-order valence-electron chi connectivity index (χ3n) is 7.09. The number of imide groups is 1. The minimum absolute atomic E-state index is 0.160. The molecule has 1 saturated heterocycles. The molecule has 0 bridgehead atoms. The Labute approximate surface area is 203 Å². The first kappa shape index (κ1) is 22.8. The standard InChI is InChI=1S/C28H27N3O4/c32-27-22-13-7-8-14-23(22)28(33)30(27)21-15-16-24(26(18-21)31(34)35)29-25(20-11-5-2-6-12-20)17-19-9-3-1-4-10-19/h1-6,9-12,15-16,18,22-23,25,29H,7-8,13-14,17H2/t22-,23+,25-/m1/s1. The predicted molar refractivity (Wildman–Crippen MR) is 134 cm³/mol. The summed E-state index contributed by atoms with van der Waals surface area (Å²) >= 11 is 0. The monoisotopic (exact) mass is 469 g/mol. The fourth-order valence-electron chi connectivity index (χ4n) is 5.32. The highest BCUT2D eigenvalue weighted by Gasteiger charge is 2.49. The number of nitrogens with zero attached hydrogens (tertiary/aromatic N) is 2. The Morgan fingerprint density at radius 1 is 0.886 bits per heavy atom. The topological polar surface area (TPSA) is 92.6 Å². The van der Waals surface area contributed by atoms with Crippen molar-refractivity contribution in [1.29, 1.82) is 0 Å². The molecule has 2 fully saturated rings. The minimum atomic E-state index is -0.464. The van der Waals surface area contributed by atoms with Crippen LogP contribution in [0.15, 0.2) is 78.9 Å². The lowest BCUT2D eigenvalue weighted by Gasteiger charge is -2.22. The number of benzene rings is 3. The molecule has 2 aliphatic rings. The quantitative estimate of drug-likeness (QED) is 0.273. The lowest BCUT2D eigenvalue weighted by atomic mass is 9.81. The van der Waals surface area contributed by atoms with Gasteiger partial charge >= 0.3 is 0 Å². The second-order valence-corrected chi connectivity index (χ2v) is 9.27. The Bertz CT molecular complexity index is 1220. The zero-order valence-corrected chi connectivity index (χ0v) is 19.3. The molecule has 1 heterocycles. The molecule has 1 aliphatic carbocycles. The molecule has 0 spiro atoms. The molecule has 0 unspecified atom stereocenters. The molecule has 7 nitrogen and oxygen atoms in total. The van der Waals surface area contributed by atoms with Crippen LogP contribution in [0.3, 0.4) is 0 Å². The summed E-state index contributed by atoms with van der Waals surface area (Å²) in [6.45, 7) is 0.